The van der Waals surface area contributed by atoms with Crippen molar-refractivity contribution in [2.45, 2.75) is 25.9 Å². The van der Waals surface area contributed by atoms with E-state index in [9.17, 15) is 4.79 Å². The van der Waals surface area contributed by atoms with Crippen LogP contribution < -0.4 is 15.8 Å². The van der Waals surface area contributed by atoms with Crippen molar-refractivity contribution >= 4 is 18.3 Å². The molecule has 0 aliphatic rings. The summed E-state index contributed by atoms with van der Waals surface area (Å²) in [5, 5.41) is 2.87. The number of hydrogen-bond donors (Lipinski definition) is 2. The number of rotatable bonds is 8. The molecule has 3 N–H and O–H groups in total. The minimum absolute atomic E-state index is 0. The van der Waals surface area contributed by atoms with Crippen LogP contribution in [0.15, 0.2) is 18.2 Å². The van der Waals surface area contributed by atoms with Crippen molar-refractivity contribution in [1.82, 2.24) is 5.32 Å². The molecule has 21 heavy (non-hydrogen) atoms. The number of carbonyl (C=O) groups is 1. The first-order valence-corrected chi connectivity index (χ1v) is 6.73. The molecule has 0 radical (unpaired) electrons. The van der Waals surface area contributed by atoms with Crippen LogP contribution in [0.1, 0.15) is 17.5 Å². The normalized spacial score (nSPS) is 11.4. The monoisotopic (exact) mass is 316 g/mol. The highest BCUT2D eigenvalue weighted by Gasteiger charge is 2.10. The van der Waals surface area contributed by atoms with Crippen LogP contribution in [0, 0.1) is 6.92 Å². The minimum atomic E-state index is -0.213. The summed E-state index contributed by atoms with van der Waals surface area (Å²) in [5.41, 5.74) is 7.72. The van der Waals surface area contributed by atoms with Crippen molar-refractivity contribution in [2.75, 3.05) is 27.3 Å². The van der Waals surface area contributed by atoms with Crippen molar-refractivity contribution in [3.63, 3.8) is 0 Å². The molecule has 1 aromatic rings. The van der Waals surface area contributed by atoms with E-state index < -0.39 is 0 Å². The number of aryl methyl sites for hydroxylation is 1. The zero-order valence-corrected chi connectivity index (χ0v) is 13.7. The Kier molecular flexibility index (Phi) is 9.78. The molecular formula is C15H25ClN2O3. The second-order valence-corrected chi connectivity index (χ2v) is 4.70. The van der Waals surface area contributed by atoms with Gasteiger partial charge in [-0.3, -0.25) is 4.79 Å². The Balaban J connectivity index is 0.00000400. The molecule has 0 saturated heterocycles. The van der Waals surface area contributed by atoms with Crippen LogP contribution in [0.25, 0.3) is 0 Å². The number of benzene rings is 1. The molecule has 0 fully saturated rings. The van der Waals surface area contributed by atoms with E-state index in [0.29, 0.717) is 19.5 Å². The first kappa shape index (κ1) is 19.7. The number of amides is 1. The third kappa shape index (κ3) is 6.80. The summed E-state index contributed by atoms with van der Waals surface area (Å²) < 4.78 is 10.4. The van der Waals surface area contributed by atoms with E-state index in [4.69, 9.17) is 15.2 Å². The molecule has 1 unspecified atom stereocenters. The van der Waals surface area contributed by atoms with Crippen LogP contribution in [0.3, 0.4) is 0 Å². The smallest absolute Gasteiger partial charge is 0.222 e. The van der Waals surface area contributed by atoms with Gasteiger partial charge in [0.05, 0.1) is 19.6 Å². The van der Waals surface area contributed by atoms with Gasteiger partial charge in [0.1, 0.15) is 5.75 Å². The lowest BCUT2D eigenvalue weighted by atomic mass is 10.1. The number of nitrogens with one attached hydrogen (secondary N) is 1. The maximum atomic E-state index is 11.7. The third-order valence-electron chi connectivity index (χ3n) is 3.22. The maximum absolute atomic E-state index is 11.7. The second-order valence-electron chi connectivity index (χ2n) is 4.70. The molecule has 1 aromatic carbocycles. The number of methoxy groups -OCH3 is 2. The van der Waals surface area contributed by atoms with E-state index in [-0.39, 0.29) is 24.4 Å². The molecule has 0 aliphatic heterocycles. The Morgan fingerprint density at radius 2 is 2.10 bits per heavy atom. The van der Waals surface area contributed by atoms with E-state index >= 15 is 0 Å². The SMILES string of the molecule is COc1cc(CCNC(=O)CC(CN)OC)ccc1C.Cl. The van der Waals surface area contributed by atoms with Gasteiger partial charge in [0, 0.05) is 20.2 Å². The van der Waals surface area contributed by atoms with Gasteiger partial charge in [0.2, 0.25) is 5.91 Å². The molecule has 0 saturated carbocycles. The molecule has 0 heterocycles. The largest absolute Gasteiger partial charge is 0.496 e. The molecule has 120 valence electrons. The van der Waals surface area contributed by atoms with Gasteiger partial charge in [0.25, 0.3) is 0 Å². The summed E-state index contributed by atoms with van der Waals surface area (Å²) in [7, 11) is 3.22. The summed E-state index contributed by atoms with van der Waals surface area (Å²) in [6, 6.07) is 6.06. The van der Waals surface area contributed by atoms with Crippen LogP contribution in [-0.4, -0.2) is 39.3 Å². The standard InChI is InChI=1S/C15H24N2O3.ClH/c1-11-4-5-12(8-14(11)20-3)6-7-17-15(18)9-13(10-16)19-2;/h4-5,8,13H,6-7,9-10,16H2,1-3H3,(H,17,18);1H. The van der Waals surface area contributed by atoms with Crippen LogP contribution in [0.2, 0.25) is 0 Å². The van der Waals surface area contributed by atoms with Gasteiger partial charge in [-0.1, -0.05) is 12.1 Å². The summed E-state index contributed by atoms with van der Waals surface area (Å²) in [6.45, 7) is 2.94. The fourth-order valence-corrected chi connectivity index (χ4v) is 1.91. The first-order valence-electron chi connectivity index (χ1n) is 6.73. The van der Waals surface area contributed by atoms with Crippen molar-refractivity contribution in [3.05, 3.63) is 29.3 Å². The predicted octanol–water partition coefficient (Wildman–Crippen LogP) is 1.45. The van der Waals surface area contributed by atoms with Gasteiger partial charge in [-0.15, -0.1) is 12.4 Å². The minimum Gasteiger partial charge on any atom is -0.496 e. The van der Waals surface area contributed by atoms with E-state index in [0.717, 1.165) is 23.3 Å². The summed E-state index contributed by atoms with van der Waals surface area (Å²) in [4.78, 5) is 11.7. The van der Waals surface area contributed by atoms with Gasteiger partial charge in [0.15, 0.2) is 0 Å². The van der Waals surface area contributed by atoms with E-state index in [2.05, 4.69) is 5.32 Å². The van der Waals surface area contributed by atoms with Crippen molar-refractivity contribution in [2.24, 2.45) is 5.73 Å². The third-order valence-corrected chi connectivity index (χ3v) is 3.22. The summed E-state index contributed by atoms with van der Waals surface area (Å²) in [5.74, 6) is 0.831. The first-order chi connectivity index (χ1) is 9.60. The highest BCUT2D eigenvalue weighted by atomic mass is 35.5. The Morgan fingerprint density at radius 1 is 1.38 bits per heavy atom. The van der Waals surface area contributed by atoms with Gasteiger partial charge in [-0.05, 0) is 30.5 Å². The molecule has 1 rings (SSSR count). The summed E-state index contributed by atoms with van der Waals surface area (Å²) in [6.07, 6.45) is 0.849. The van der Waals surface area contributed by atoms with E-state index in [1.165, 1.54) is 0 Å². The molecule has 6 heteroatoms. The Hall–Kier alpha value is -1.30. The Labute approximate surface area is 132 Å². The van der Waals surface area contributed by atoms with Crippen molar-refractivity contribution in [3.8, 4) is 5.75 Å². The van der Waals surface area contributed by atoms with Crippen LogP contribution >= 0.6 is 12.4 Å². The van der Waals surface area contributed by atoms with E-state index in [1.54, 1.807) is 14.2 Å². The molecule has 1 atom stereocenters. The molecule has 0 spiro atoms. The fraction of sp³-hybridized carbons (Fsp3) is 0.533. The predicted molar refractivity (Wildman–Crippen MR) is 86.2 cm³/mol. The zero-order valence-electron chi connectivity index (χ0n) is 12.8. The molecule has 5 nitrogen and oxygen atoms in total. The number of nitrogens with two attached hydrogens (primary N) is 1. The van der Waals surface area contributed by atoms with Gasteiger partial charge < -0.3 is 20.5 Å². The fourth-order valence-electron chi connectivity index (χ4n) is 1.91. The lowest BCUT2D eigenvalue weighted by molar-refractivity contribution is -0.123. The lowest BCUT2D eigenvalue weighted by Gasteiger charge is -2.13. The average molecular weight is 317 g/mol. The van der Waals surface area contributed by atoms with Gasteiger partial charge in [-0.25, -0.2) is 0 Å². The molecule has 1 amide bonds. The number of hydrogen-bond acceptors (Lipinski definition) is 4. The lowest BCUT2D eigenvalue weighted by Crippen LogP contribution is -2.33. The van der Waals surface area contributed by atoms with Crippen LogP contribution in [0.4, 0.5) is 0 Å². The molecular weight excluding hydrogens is 292 g/mol. The number of carbonyl (C=O) groups excluding carboxylic acids is 1. The zero-order chi connectivity index (χ0) is 15.0. The highest BCUT2D eigenvalue weighted by Crippen LogP contribution is 2.18. The van der Waals surface area contributed by atoms with Gasteiger partial charge in [-0.2, -0.15) is 0 Å². The van der Waals surface area contributed by atoms with Crippen molar-refractivity contribution in [1.29, 1.82) is 0 Å². The quantitative estimate of drug-likeness (QED) is 0.761. The maximum Gasteiger partial charge on any atom is 0.222 e. The summed E-state index contributed by atoms with van der Waals surface area (Å²) >= 11 is 0. The molecule has 0 aliphatic carbocycles. The average Bonchev–Trinajstić information content (AvgIpc) is 2.46. The number of halogens is 1. The van der Waals surface area contributed by atoms with E-state index in [1.807, 2.05) is 25.1 Å². The topological polar surface area (TPSA) is 73.6 Å². The van der Waals surface area contributed by atoms with Gasteiger partial charge >= 0.3 is 0 Å². The Morgan fingerprint density at radius 3 is 2.67 bits per heavy atom. The Bertz CT molecular complexity index is 437. The molecule has 0 bridgehead atoms. The molecule has 0 aromatic heterocycles. The number of ether oxygens (including phenoxy) is 2. The second kappa shape index (κ2) is 10.4. The highest BCUT2D eigenvalue weighted by molar-refractivity contribution is 5.85. The van der Waals surface area contributed by atoms with Crippen molar-refractivity contribution < 1.29 is 14.3 Å². The van der Waals surface area contributed by atoms with Crippen LogP contribution in [0.5, 0.6) is 5.75 Å². The van der Waals surface area contributed by atoms with Crippen LogP contribution in [-0.2, 0) is 16.0 Å².